The number of carbonyl (C=O) groups excluding carboxylic acids is 2. The lowest BCUT2D eigenvalue weighted by atomic mass is 10.2. The number of benzene rings is 2. The smallest absolute Gasteiger partial charge is 0.244 e. The van der Waals surface area contributed by atoms with Crippen molar-refractivity contribution in [1.29, 1.82) is 0 Å². The summed E-state index contributed by atoms with van der Waals surface area (Å²) in [6.07, 6.45) is 2.29. The number of halogens is 2. The second-order valence-electron chi connectivity index (χ2n) is 5.02. The maximum Gasteiger partial charge on any atom is 0.244 e. The Kier molecular flexibility index (Phi) is 4.12. The predicted molar refractivity (Wildman–Crippen MR) is 87.4 cm³/mol. The third kappa shape index (κ3) is 3.10. The SMILES string of the molecule is O=Cc1cn(CC(=O)Nc2ccccc2F)c2ccc(Cl)cc12. The zero-order chi connectivity index (χ0) is 16.4. The first-order valence-electron chi connectivity index (χ1n) is 6.86. The molecule has 0 bridgehead atoms. The number of carbonyl (C=O) groups is 2. The van der Waals surface area contributed by atoms with E-state index in [4.69, 9.17) is 11.6 Å². The fraction of sp³-hybridized carbons (Fsp3) is 0.0588. The number of amides is 1. The Morgan fingerprint density at radius 3 is 2.78 bits per heavy atom. The summed E-state index contributed by atoms with van der Waals surface area (Å²) >= 11 is 5.94. The van der Waals surface area contributed by atoms with Crippen LogP contribution in [0.15, 0.2) is 48.7 Å². The Labute approximate surface area is 136 Å². The molecule has 0 radical (unpaired) electrons. The van der Waals surface area contributed by atoms with Crippen LogP contribution in [0, 0.1) is 5.82 Å². The summed E-state index contributed by atoms with van der Waals surface area (Å²) in [5.74, 6) is -0.891. The van der Waals surface area contributed by atoms with Crippen molar-refractivity contribution in [2.75, 3.05) is 5.32 Å². The van der Waals surface area contributed by atoms with Crippen LogP contribution >= 0.6 is 11.6 Å². The topological polar surface area (TPSA) is 51.1 Å². The van der Waals surface area contributed by atoms with Crippen LogP contribution < -0.4 is 5.32 Å². The number of fused-ring (bicyclic) bond motifs is 1. The number of hydrogen-bond donors (Lipinski definition) is 1. The molecule has 23 heavy (non-hydrogen) atoms. The first-order chi connectivity index (χ1) is 11.1. The molecule has 1 aromatic heterocycles. The fourth-order valence-corrected chi connectivity index (χ4v) is 2.60. The van der Waals surface area contributed by atoms with E-state index in [9.17, 15) is 14.0 Å². The summed E-state index contributed by atoms with van der Waals surface area (Å²) in [4.78, 5) is 23.3. The molecule has 0 saturated heterocycles. The average molecular weight is 331 g/mol. The van der Waals surface area contributed by atoms with Crippen molar-refractivity contribution >= 4 is 40.4 Å². The highest BCUT2D eigenvalue weighted by molar-refractivity contribution is 6.31. The first kappa shape index (κ1) is 15.2. The van der Waals surface area contributed by atoms with Crippen LogP contribution in [0.2, 0.25) is 5.02 Å². The number of aldehydes is 1. The summed E-state index contributed by atoms with van der Waals surface area (Å²) in [6, 6.07) is 11.0. The number of anilines is 1. The van der Waals surface area contributed by atoms with Gasteiger partial charge in [0.2, 0.25) is 5.91 Å². The van der Waals surface area contributed by atoms with E-state index in [0.717, 1.165) is 0 Å². The largest absolute Gasteiger partial charge is 0.337 e. The molecule has 0 atom stereocenters. The number of aromatic nitrogens is 1. The summed E-state index contributed by atoms with van der Waals surface area (Å²) in [5, 5.41) is 3.69. The van der Waals surface area contributed by atoms with Crippen molar-refractivity contribution in [3.05, 3.63) is 65.1 Å². The van der Waals surface area contributed by atoms with Gasteiger partial charge < -0.3 is 9.88 Å². The second kappa shape index (κ2) is 6.22. The van der Waals surface area contributed by atoms with Crippen molar-refractivity contribution < 1.29 is 14.0 Å². The van der Waals surface area contributed by atoms with E-state index in [0.29, 0.717) is 27.8 Å². The van der Waals surface area contributed by atoms with E-state index >= 15 is 0 Å². The molecular formula is C17H12ClFN2O2. The number of nitrogens with one attached hydrogen (secondary N) is 1. The Balaban J connectivity index is 1.88. The lowest BCUT2D eigenvalue weighted by molar-refractivity contribution is -0.116. The van der Waals surface area contributed by atoms with E-state index < -0.39 is 5.82 Å². The third-order valence-corrected chi connectivity index (χ3v) is 3.70. The molecule has 6 heteroatoms. The summed E-state index contributed by atoms with van der Waals surface area (Å²) < 4.78 is 15.2. The number of hydrogen-bond acceptors (Lipinski definition) is 2. The minimum Gasteiger partial charge on any atom is -0.337 e. The molecular weight excluding hydrogens is 319 g/mol. The molecule has 0 aliphatic rings. The predicted octanol–water partition coefficient (Wildman–Crippen LogP) is 3.89. The lowest BCUT2D eigenvalue weighted by Crippen LogP contribution is -2.18. The molecule has 3 aromatic rings. The van der Waals surface area contributed by atoms with Gasteiger partial charge in [-0.15, -0.1) is 0 Å². The van der Waals surface area contributed by atoms with E-state index in [1.807, 2.05) is 0 Å². The van der Waals surface area contributed by atoms with Gasteiger partial charge in [-0.25, -0.2) is 4.39 Å². The van der Waals surface area contributed by atoms with Crippen LogP contribution in [0.3, 0.4) is 0 Å². The molecule has 0 aliphatic heterocycles. The molecule has 1 N–H and O–H groups in total. The highest BCUT2D eigenvalue weighted by Gasteiger charge is 2.12. The Hall–Kier alpha value is -2.66. The molecule has 116 valence electrons. The number of nitrogens with zero attached hydrogens (tertiary/aromatic N) is 1. The quantitative estimate of drug-likeness (QED) is 0.738. The maximum absolute atomic E-state index is 13.6. The summed E-state index contributed by atoms with van der Waals surface area (Å²) in [6.45, 7) is -0.0414. The molecule has 0 spiro atoms. The Morgan fingerprint density at radius 2 is 2.04 bits per heavy atom. The number of rotatable bonds is 4. The average Bonchev–Trinajstić information content (AvgIpc) is 2.86. The molecule has 2 aromatic carbocycles. The van der Waals surface area contributed by atoms with E-state index in [1.54, 1.807) is 41.1 Å². The summed E-state index contributed by atoms with van der Waals surface area (Å²) in [7, 11) is 0. The molecule has 0 unspecified atom stereocenters. The molecule has 0 fully saturated rings. The standard InChI is InChI=1S/C17H12ClFN2O2/c18-12-5-6-16-13(7-12)11(10-22)8-21(16)9-17(23)20-15-4-2-1-3-14(15)19/h1-8,10H,9H2,(H,20,23). The summed E-state index contributed by atoms with van der Waals surface area (Å²) in [5.41, 5.74) is 1.27. The van der Waals surface area contributed by atoms with Crippen LogP contribution in [0.4, 0.5) is 10.1 Å². The molecule has 0 aliphatic carbocycles. The van der Waals surface area contributed by atoms with Crippen molar-refractivity contribution in [2.45, 2.75) is 6.54 Å². The zero-order valence-corrected chi connectivity index (χ0v) is 12.7. The van der Waals surface area contributed by atoms with E-state index in [1.165, 1.54) is 12.1 Å². The van der Waals surface area contributed by atoms with Crippen LogP contribution in [0.5, 0.6) is 0 Å². The third-order valence-electron chi connectivity index (χ3n) is 3.46. The van der Waals surface area contributed by atoms with Gasteiger partial charge in [0.15, 0.2) is 6.29 Å². The van der Waals surface area contributed by atoms with Crippen molar-refractivity contribution in [2.24, 2.45) is 0 Å². The molecule has 1 amide bonds. The minimum absolute atomic E-state index is 0.0414. The zero-order valence-electron chi connectivity index (χ0n) is 11.9. The van der Waals surface area contributed by atoms with Crippen LogP contribution in [0.25, 0.3) is 10.9 Å². The normalized spacial score (nSPS) is 10.7. The minimum atomic E-state index is -0.501. The van der Waals surface area contributed by atoms with Gasteiger partial charge in [-0.05, 0) is 30.3 Å². The van der Waals surface area contributed by atoms with Crippen molar-refractivity contribution in [3.8, 4) is 0 Å². The van der Waals surface area contributed by atoms with Gasteiger partial charge in [0, 0.05) is 27.7 Å². The van der Waals surface area contributed by atoms with Gasteiger partial charge in [0.05, 0.1) is 5.69 Å². The van der Waals surface area contributed by atoms with Gasteiger partial charge >= 0.3 is 0 Å². The van der Waals surface area contributed by atoms with E-state index in [2.05, 4.69) is 5.32 Å². The van der Waals surface area contributed by atoms with E-state index in [-0.39, 0.29) is 18.1 Å². The van der Waals surface area contributed by atoms with Crippen LogP contribution in [-0.2, 0) is 11.3 Å². The monoisotopic (exact) mass is 330 g/mol. The first-order valence-corrected chi connectivity index (χ1v) is 7.24. The fourth-order valence-electron chi connectivity index (χ4n) is 2.43. The van der Waals surface area contributed by atoms with Gasteiger partial charge in [0.1, 0.15) is 12.4 Å². The second-order valence-corrected chi connectivity index (χ2v) is 5.46. The molecule has 0 saturated carbocycles. The Morgan fingerprint density at radius 1 is 1.26 bits per heavy atom. The molecule has 4 nitrogen and oxygen atoms in total. The van der Waals surface area contributed by atoms with Crippen molar-refractivity contribution in [3.63, 3.8) is 0 Å². The highest BCUT2D eigenvalue weighted by Crippen LogP contribution is 2.24. The van der Waals surface area contributed by atoms with Gasteiger partial charge in [-0.3, -0.25) is 9.59 Å². The van der Waals surface area contributed by atoms with Gasteiger partial charge in [0.25, 0.3) is 0 Å². The maximum atomic E-state index is 13.6. The Bertz CT molecular complexity index is 905. The van der Waals surface area contributed by atoms with Gasteiger partial charge in [-0.1, -0.05) is 23.7 Å². The number of para-hydroxylation sites is 1. The van der Waals surface area contributed by atoms with Gasteiger partial charge in [-0.2, -0.15) is 0 Å². The van der Waals surface area contributed by atoms with Crippen molar-refractivity contribution in [1.82, 2.24) is 4.57 Å². The molecule has 3 rings (SSSR count). The highest BCUT2D eigenvalue weighted by atomic mass is 35.5. The van der Waals surface area contributed by atoms with Crippen LogP contribution in [-0.4, -0.2) is 16.8 Å². The lowest BCUT2D eigenvalue weighted by Gasteiger charge is -2.08. The van der Waals surface area contributed by atoms with Crippen LogP contribution in [0.1, 0.15) is 10.4 Å². The molecule has 1 heterocycles.